The van der Waals surface area contributed by atoms with Crippen molar-refractivity contribution >= 4 is 34.6 Å². The first-order chi connectivity index (χ1) is 15.3. The predicted molar refractivity (Wildman–Crippen MR) is 130 cm³/mol. The minimum atomic E-state index is -0.220. The third-order valence-corrected chi connectivity index (χ3v) is 6.16. The van der Waals surface area contributed by atoms with Gasteiger partial charge in [-0.2, -0.15) is 15.0 Å². The van der Waals surface area contributed by atoms with E-state index < -0.39 is 0 Å². The lowest BCUT2D eigenvalue weighted by Crippen LogP contribution is -2.23. The molecular weight excluding hydrogens is 422 g/mol. The second kappa shape index (κ2) is 8.58. The molecule has 0 aliphatic rings. The zero-order chi connectivity index (χ0) is 23.0. The molecule has 8 nitrogen and oxygen atoms in total. The smallest absolute Gasteiger partial charge is 0.266 e. The van der Waals surface area contributed by atoms with E-state index in [0.29, 0.717) is 27.8 Å². The molecule has 4 aromatic rings. The molecule has 0 aliphatic carbocycles. The van der Waals surface area contributed by atoms with Crippen molar-refractivity contribution in [2.45, 2.75) is 31.2 Å². The Morgan fingerprint density at radius 1 is 0.969 bits per heavy atom. The summed E-state index contributed by atoms with van der Waals surface area (Å²) in [7, 11) is 3.69. The molecule has 0 amide bonds. The molecule has 1 unspecified atom stereocenters. The Bertz CT molecular complexity index is 1350. The maximum atomic E-state index is 13.6. The van der Waals surface area contributed by atoms with E-state index in [2.05, 4.69) is 15.0 Å². The van der Waals surface area contributed by atoms with Crippen LogP contribution in [0.25, 0.3) is 16.6 Å². The van der Waals surface area contributed by atoms with Crippen LogP contribution in [0.2, 0.25) is 0 Å². The Hall–Kier alpha value is -3.46. The van der Waals surface area contributed by atoms with Gasteiger partial charge in [0.05, 0.1) is 21.8 Å². The largest absolute Gasteiger partial charge is 0.368 e. The van der Waals surface area contributed by atoms with Crippen LogP contribution in [0.3, 0.4) is 0 Å². The first kappa shape index (κ1) is 21.8. The molecule has 2 N–H and O–H groups in total. The number of hydrogen-bond acceptors (Lipinski definition) is 8. The van der Waals surface area contributed by atoms with Crippen LogP contribution < -0.4 is 16.2 Å². The van der Waals surface area contributed by atoms with Gasteiger partial charge in [-0.3, -0.25) is 9.36 Å². The van der Waals surface area contributed by atoms with Gasteiger partial charge in [-0.15, -0.1) is 0 Å². The van der Waals surface area contributed by atoms with Gasteiger partial charge in [0.25, 0.3) is 5.56 Å². The van der Waals surface area contributed by atoms with Crippen molar-refractivity contribution in [1.82, 2.24) is 24.5 Å². The van der Waals surface area contributed by atoms with E-state index in [-0.39, 0.29) is 16.8 Å². The fraction of sp³-hybridized carbons (Fsp3) is 0.261. The van der Waals surface area contributed by atoms with Crippen molar-refractivity contribution in [2.24, 2.45) is 0 Å². The van der Waals surface area contributed by atoms with Gasteiger partial charge in [0.15, 0.2) is 5.16 Å². The van der Waals surface area contributed by atoms with Gasteiger partial charge in [0, 0.05) is 14.1 Å². The highest BCUT2D eigenvalue weighted by atomic mass is 32.2. The highest BCUT2D eigenvalue weighted by Crippen LogP contribution is 2.34. The second-order valence-electron chi connectivity index (χ2n) is 7.80. The summed E-state index contributed by atoms with van der Waals surface area (Å²) in [6.45, 7) is 5.96. The lowest BCUT2D eigenvalue weighted by molar-refractivity contribution is 0.797. The van der Waals surface area contributed by atoms with Gasteiger partial charge in [-0.05, 0) is 44.0 Å². The normalized spacial score (nSPS) is 12.2. The summed E-state index contributed by atoms with van der Waals surface area (Å²) in [5, 5.41) is 0.929. The zero-order valence-corrected chi connectivity index (χ0v) is 19.5. The molecule has 2 aromatic carbocycles. The van der Waals surface area contributed by atoms with E-state index in [1.165, 1.54) is 11.8 Å². The molecule has 32 heavy (non-hydrogen) atoms. The number of fused-ring (bicyclic) bond motifs is 1. The van der Waals surface area contributed by atoms with Gasteiger partial charge < -0.3 is 10.6 Å². The standard InChI is InChI=1S/C23H25N7OS/c1-13-9-8-10-14(2)18(13)30-20(31)16-11-6-7-12-17(16)25-23(30)32-15(3)19-26-21(24)28-22(27-19)29(4)5/h6-12,15H,1-5H3,(H2,24,26,27,28). The first-order valence-corrected chi connectivity index (χ1v) is 11.1. The quantitative estimate of drug-likeness (QED) is 0.365. The van der Waals surface area contributed by atoms with Gasteiger partial charge in [0.2, 0.25) is 11.9 Å². The van der Waals surface area contributed by atoms with Crippen LogP contribution in [-0.2, 0) is 0 Å². The van der Waals surface area contributed by atoms with Gasteiger partial charge in [-0.25, -0.2) is 4.98 Å². The Morgan fingerprint density at radius 3 is 2.34 bits per heavy atom. The summed E-state index contributed by atoms with van der Waals surface area (Å²) < 4.78 is 1.70. The van der Waals surface area contributed by atoms with E-state index in [1.807, 2.05) is 77.3 Å². The highest BCUT2D eigenvalue weighted by Gasteiger charge is 2.21. The predicted octanol–water partition coefficient (Wildman–Crippen LogP) is 3.69. The van der Waals surface area contributed by atoms with Crippen LogP contribution in [0.5, 0.6) is 0 Å². The minimum absolute atomic E-state index is 0.105. The van der Waals surface area contributed by atoms with E-state index in [0.717, 1.165) is 16.8 Å². The van der Waals surface area contributed by atoms with E-state index >= 15 is 0 Å². The van der Waals surface area contributed by atoms with E-state index in [1.54, 1.807) is 9.47 Å². The Labute approximate surface area is 190 Å². The first-order valence-electron chi connectivity index (χ1n) is 10.2. The molecule has 2 heterocycles. The number of anilines is 2. The molecule has 4 rings (SSSR count). The van der Waals surface area contributed by atoms with Crippen molar-refractivity contribution in [1.29, 1.82) is 0 Å². The van der Waals surface area contributed by atoms with Crippen molar-refractivity contribution < 1.29 is 0 Å². The average Bonchev–Trinajstić information content (AvgIpc) is 2.75. The Kier molecular flexibility index (Phi) is 5.84. The summed E-state index contributed by atoms with van der Waals surface area (Å²) in [5.41, 5.74) is 9.30. The minimum Gasteiger partial charge on any atom is -0.368 e. The highest BCUT2D eigenvalue weighted by molar-refractivity contribution is 7.99. The van der Waals surface area contributed by atoms with Crippen LogP contribution in [-0.4, -0.2) is 38.6 Å². The number of nitrogens with two attached hydrogens (primary N) is 1. The van der Waals surface area contributed by atoms with Crippen molar-refractivity contribution in [2.75, 3.05) is 24.7 Å². The molecule has 0 bridgehead atoms. The number of para-hydroxylation sites is 2. The molecule has 2 aromatic heterocycles. The third kappa shape index (κ3) is 4.03. The number of rotatable bonds is 5. The molecule has 1 atom stereocenters. The second-order valence-corrected chi connectivity index (χ2v) is 9.11. The maximum Gasteiger partial charge on any atom is 0.266 e. The zero-order valence-electron chi connectivity index (χ0n) is 18.7. The molecule has 0 spiro atoms. The monoisotopic (exact) mass is 447 g/mol. The average molecular weight is 448 g/mol. The maximum absolute atomic E-state index is 13.6. The number of aromatic nitrogens is 5. The number of aryl methyl sites for hydroxylation is 2. The van der Waals surface area contributed by atoms with E-state index in [4.69, 9.17) is 10.7 Å². The van der Waals surface area contributed by atoms with Crippen molar-refractivity contribution in [3.63, 3.8) is 0 Å². The number of thioether (sulfide) groups is 1. The molecule has 0 radical (unpaired) electrons. The van der Waals surface area contributed by atoms with Gasteiger partial charge in [-0.1, -0.05) is 42.1 Å². The molecule has 0 aliphatic heterocycles. The Morgan fingerprint density at radius 2 is 1.66 bits per heavy atom. The lowest BCUT2D eigenvalue weighted by atomic mass is 10.1. The molecule has 9 heteroatoms. The number of benzene rings is 2. The molecule has 164 valence electrons. The van der Waals surface area contributed by atoms with Crippen LogP contribution in [0.15, 0.2) is 52.4 Å². The summed E-state index contributed by atoms with van der Waals surface area (Å²) in [6, 6.07) is 13.4. The van der Waals surface area contributed by atoms with Crippen molar-refractivity contribution in [3.05, 3.63) is 69.8 Å². The summed E-state index contributed by atoms with van der Waals surface area (Å²) >= 11 is 1.42. The Balaban J connectivity index is 1.90. The summed E-state index contributed by atoms with van der Waals surface area (Å²) in [5.74, 6) is 1.17. The van der Waals surface area contributed by atoms with Crippen molar-refractivity contribution in [3.8, 4) is 5.69 Å². The van der Waals surface area contributed by atoms with Gasteiger partial charge in [0.1, 0.15) is 5.82 Å². The molecule has 0 fully saturated rings. The number of hydrogen-bond donors (Lipinski definition) is 1. The van der Waals surface area contributed by atoms with Crippen LogP contribution in [0.4, 0.5) is 11.9 Å². The van der Waals surface area contributed by atoms with Crippen LogP contribution in [0, 0.1) is 13.8 Å². The molecule has 0 saturated heterocycles. The topological polar surface area (TPSA) is 103 Å². The van der Waals surface area contributed by atoms with Crippen LogP contribution in [0.1, 0.15) is 29.1 Å². The molecule has 0 saturated carbocycles. The fourth-order valence-electron chi connectivity index (χ4n) is 3.54. The number of nitrogens with zero attached hydrogens (tertiary/aromatic N) is 6. The van der Waals surface area contributed by atoms with Crippen LogP contribution >= 0.6 is 11.8 Å². The third-order valence-electron chi connectivity index (χ3n) is 5.11. The fourth-order valence-corrected chi connectivity index (χ4v) is 4.49. The SMILES string of the molecule is Cc1cccc(C)c1-n1c(SC(C)c2nc(N)nc(N(C)C)n2)nc2ccccc2c1=O. The lowest BCUT2D eigenvalue weighted by Gasteiger charge is -2.19. The molecular formula is C23H25N7OS. The van der Waals surface area contributed by atoms with Gasteiger partial charge >= 0.3 is 0 Å². The van der Waals surface area contributed by atoms with E-state index in [9.17, 15) is 4.79 Å². The number of nitrogen functional groups attached to an aromatic ring is 1. The summed E-state index contributed by atoms with van der Waals surface area (Å²) in [6.07, 6.45) is 0. The summed E-state index contributed by atoms with van der Waals surface area (Å²) in [4.78, 5) is 33.3.